The Bertz CT molecular complexity index is 472. The molecule has 7 heteroatoms. The molecule has 116 valence electrons. The summed E-state index contributed by atoms with van der Waals surface area (Å²) in [6.45, 7) is 4.33. The van der Waals surface area contributed by atoms with Gasteiger partial charge in [0.05, 0.1) is 4.92 Å². The van der Waals surface area contributed by atoms with E-state index in [1.165, 1.54) is 25.6 Å². The van der Waals surface area contributed by atoms with Gasteiger partial charge >= 0.3 is 5.69 Å². The summed E-state index contributed by atoms with van der Waals surface area (Å²) >= 11 is 0. The summed E-state index contributed by atoms with van der Waals surface area (Å²) in [5.41, 5.74) is 0.00604. The van der Waals surface area contributed by atoms with Gasteiger partial charge in [0.2, 0.25) is 11.6 Å². The number of nitro groups is 1. The number of aromatic nitrogens is 2. The summed E-state index contributed by atoms with van der Waals surface area (Å²) < 4.78 is 0. The molecule has 0 saturated carbocycles. The number of hydrogen-bond donors (Lipinski definition) is 1. The predicted octanol–water partition coefficient (Wildman–Crippen LogP) is 2.98. The zero-order valence-electron chi connectivity index (χ0n) is 12.5. The van der Waals surface area contributed by atoms with E-state index in [2.05, 4.69) is 15.3 Å². The Morgan fingerprint density at radius 3 is 2.52 bits per heavy atom. The molecule has 21 heavy (non-hydrogen) atoms. The Balaban J connectivity index is 2.29. The van der Waals surface area contributed by atoms with Crippen LogP contribution >= 0.6 is 0 Å². The van der Waals surface area contributed by atoms with Crippen molar-refractivity contribution in [2.75, 3.05) is 29.9 Å². The van der Waals surface area contributed by atoms with E-state index >= 15 is 0 Å². The lowest BCUT2D eigenvalue weighted by Gasteiger charge is -2.25. The smallest absolute Gasteiger partial charge is 0.353 e. The first kappa shape index (κ1) is 15.5. The van der Waals surface area contributed by atoms with Crippen LogP contribution in [0.4, 0.5) is 17.3 Å². The van der Waals surface area contributed by atoms with E-state index in [0.29, 0.717) is 18.2 Å². The molecule has 0 radical (unpaired) electrons. The van der Waals surface area contributed by atoms with Gasteiger partial charge in [0, 0.05) is 19.6 Å². The van der Waals surface area contributed by atoms with Crippen molar-refractivity contribution in [3.8, 4) is 0 Å². The summed E-state index contributed by atoms with van der Waals surface area (Å²) in [5.74, 6) is 0.782. The minimum Gasteiger partial charge on any atom is -0.364 e. The Morgan fingerprint density at radius 2 is 1.90 bits per heavy atom. The Kier molecular flexibility index (Phi) is 5.71. The van der Waals surface area contributed by atoms with Gasteiger partial charge < -0.3 is 10.2 Å². The highest BCUT2D eigenvalue weighted by Crippen LogP contribution is 2.32. The maximum Gasteiger partial charge on any atom is 0.353 e. The van der Waals surface area contributed by atoms with E-state index in [-0.39, 0.29) is 10.6 Å². The molecule has 1 fully saturated rings. The third-order valence-corrected chi connectivity index (χ3v) is 3.68. The highest BCUT2D eigenvalue weighted by Gasteiger charge is 2.26. The van der Waals surface area contributed by atoms with Gasteiger partial charge in [-0.1, -0.05) is 26.2 Å². The summed E-state index contributed by atoms with van der Waals surface area (Å²) in [7, 11) is 0. The van der Waals surface area contributed by atoms with Crippen molar-refractivity contribution >= 4 is 17.3 Å². The number of anilines is 2. The van der Waals surface area contributed by atoms with E-state index in [4.69, 9.17) is 0 Å². The molecular weight excluding hydrogens is 270 g/mol. The third kappa shape index (κ3) is 4.03. The van der Waals surface area contributed by atoms with Crippen LogP contribution in [0.1, 0.15) is 45.4 Å². The maximum absolute atomic E-state index is 11.5. The normalized spacial score (nSPS) is 16.1. The maximum atomic E-state index is 11.5. The van der Waals surface area contributed by atoms with Crippen LogP contribution in [0.15, 0.2) is 6.33 Å². The highest BCUT2D eigenvalue weighted by atomic mass is 16.6. The summed E-state index contributed by atoms with van der Waals surface area (Å²) in [6.07, 6.45) is 8.02. The van der Waals surface area contributed by atoms with E-state index < -0.39 is 0 Å². The van der Waals surface area contributed by atoms with Crippen molar-refractivity contribution < 1.29 is 4.92 Å². The van der Waals surface area contributed by atoms with Crippen molar-refractivity contribution in [3.63, 3.8) is 0 Å². The van der Waals surface area contributed by atoms with Gasteiger partial charge in [0.15, 0.2) is 0 Å². The topological polar surface area (TPSA) is 84.2 Å². The van der Waals surface area contributed by atoms with Crippen molar-refractivity contribution in [2.24, 2.45) is 0 Å². The summed E-state index contributed by atoms with van der Waals surface area (Å²) in [6, 6.07) is 0. The minimum atomic E-state index is -0.369. The number of nitrogens with zero attached hydrogens (tertiary/aromatic N) is 4. The quantitative estimate of drug-likeness (QED) is 0.663. The van der Waals surface area contributed by atoms with Crippen molar-refractivity contribution in [1.82, 2.24) is 9.97 Å². The zero-order valence-corrected chi connectivity index (χ0v) is 12.5. The van der Waals surface area contributed by atoms with Gasteiger partial charge in [-0.05, 0) is 19.3 Å². The molecule has 1 aliphatic heterocycles. The van der Waals surface area contributed by atoms with E-state index in [0.717, 1.165) is 32.4 Å². The first-order valence-electron chi connectivity index (χ1n) is 7.72. The van der Waals surface area contributed by atoms with Crippen molar-refractivity contribution in [2.45, 2.75) is 45.4 Å². The molecule has 7 nitrogen and oxygen atoms in total. The lowest BCUT2D eigenvalue weighted by atomic mass is 10.1. The largest absolute Gasteiger partial charge is 0.364 e. The molecule has 0 aromatic carbocycles. The molecule has 1 aromatic heterocycles. The number of nitrogens with one attached hydrogen (secondary N) is 1. The lowest BCUT2D eigenvalue weighted by molar-refractivity contribution is -0.383. The number of hydrogen-bond acceptors (Lipinski definition) is 6. The fraction of sp³-hybridized carbons (Fsp3) is 0.714. The van der Waals surface area contributed by atoms with Crippen molar-refractivity contribution in [1.29, 1.82) is 0 Å². The molecule has 2 heterocycles. The van der Waals surface area contributed by atoms with Crippen LogP contribution in [-0.4, -0.2) is 34.5 Å². The van der Waals surface area contributed by atoms with E-state index in [1.54, 1.807) is 0 Å². The monoisotopic (exact) mass is 293 g/mol. The molecule has 2 rings (SSSR count). The minimum absolute atomic E-state index is 0.00604. The fourth-order valence-electron chi connectivity index (χ4n) is 2.60. The molecule has 0 unspecified atom stereocenters. The summed E-state index contributed by atoms with van der Waals surface area (Å²) in [5, 5.41) is 14.5. The second kappa shape index (κ2) is 7.75. The molecule has 1 N–H and O–H groups in total. The SMILES string of the molecule is CCCNc1ncnc(N2CCCCCCC2)c1[N+](=O)[O-]. The lowest BCUT2D eigenvalue weighted by Crippen LogP contribution is -2.29. The van der Waals surface area contributed by atoms with Crippen LogP contribution in [0, 0.1) is 10.1 Å². The van der Waals surface area contributed by atoms with Crippen LogP contribution in [0.3, 0.4) is 0 Å². The van der Waals surface area contributed by atoms with Crippen molar-refractivity contribution in [3.05, 3.63) is 16.4 Å². The zero-order chi connectivity index (χ0) is 15.1. The summed E-state index contributed by atoms with van der Waals surface area (Å²) in [4.78, 5) is 21.4. The standard InChI is InChI=1S/C14H23N5O2/c1-2-8-15-13-12(19(20)21)14(17-11-16-13)18-9-6-4-3-5-7-10-18/h11H,2-10H2,1H3,(H,15,16,17). The van der Waals surface area contributed by atoms with Crippen LogP contribution in [0.2, 0.25) is 0 Å². The first-order valence-corrected chi connectivity index (χ1v) is 7.72. The number of rotatable bonds is 5. The molecule has 0 aliphatic carbocycles. The van der Waals surface area contributed by atoms with Crippen LogP contribution in [0.5, 0.6) is 0 Å². The van der Waals surface area contributed by atoms with Gasteiger partial charge in [-0.2, -0.15) is 0 Å². The van der Waals surface area contributed by atoms with Gasteiger partial charge in [0.25, 0.3) is 0 Å². The van der Waals surface area contributed by atoms with Crippen LogP contribution < -0.4 is 10.2 Å². The van der Waals surface area contributed by atoms with Gasteiger partial charge in [0.1, 0.15) is 6.33 Å². The van der Waals surface area contributed by atoms with Gasteiger partial charge in [-0.3, -0.25) is 10.1 Å². The molecule has 1 aromatic rings. The Morgan fingerprint density at radius 1 is 1.24 bits per heavy atom. The van der Waals surface area contributed by atoms with E-state index in [1.807, 2.05) is 11.8 Å². The molecule has 1 saturated heterocycles. The predicted molar refractivity (Wildman–Crippen MR) is 82.8 cm³/mol. The average molecular weight is 293 g/mol. The van der Waals surface area contributed by atoms with Gasteiger partial charge in [-0.15, -0.1) is 0 Å². The second-order valence-electron chi connectivity index (χ2n) is 5.33. The highest BCUT2D eigenvalue weighted by molar-refractivity contribution is 5.70. The third-order valence-electron chi connectivity index (χ3n) is 3.68. The van der Waals surface area contributed by atoms with Crippen LogP contribution in [0.25, 0.3) is 0 Å². The molecule has 0 bridgehead atoms. The molecule has 0 atom stereocenters. The molecule has 1 aliphatic rings. The molecule has 0 spiro atoms. The van der Waals surface area contributed by atoms with Gasteiger partial charge in [-0.25, -0.2) is 9.97 Å². The second-order valence-corrected chi connectivity index (χ2v) is 5.33. The average Bonchev–Trinajstić information content (AvgIpc) is 2.44. The fourth-order valence-corrected chi connectivity index (χ4v) is 2.60. The van der Waals surface area contributed by atoms with E-state index in [9.17, 15) is 10.1 Å². The molecule has 0 amide bonds. The molecular formula is C14H23N5O2. The van der Waals surface area contributed by atoms with Crippen LogP contribution in [-0.2, 0) is 0 Å². The first-order chi connectivity index (χ1) is 10.2. The Labute approximate surface area is 124 Å². The Hall–Kier alpha value is -1.92.